The average molecular weight is 438 g/mol. The standard InChI is InChI=1S/C22H26N6O4/c29-20(11-10-17-21(30)28(22(31)24-17)15-16-7-6-14-32-16)23-12-4-1-2-8-18-25-26-19-9-3-5-13-27(18)19/h3,5-7,9,13-14,17H,1-2,4,8,10-12,15H2,(H,23,29)(H,24,31)/t17-/m1/s1. The molecule has 0 aromatic carbocycles. The number of unbranched alkanes of at least 4 members (excludes halogenated alkanes) is 2. The molecule has 1 saturated heterocycles. The number of nitrogens with one attached hydrogen (secondary N) is 2. The zero-order valence-corrected chi connectivity index (χ0v) is 17.7. The van der Waals surface area contributed by atoms with E-state index in [1.165, 1.54) is 6.26 Å². The van der Waals surface area contributed by atoms with Gasteiger partial charge in [-0.3, -0.25) is 18.9 Å². The molecular formula is C22H26N6O4. The molecule has 4 heterocycles. The Balaban J connectivity index is 1.10. The topological polar surface area (TPSA) is 122 Å². The van der Waals surface area contributed by atoms with Gasteiger partial charge in [0.25, 0.3) is 5.91 Å². The molecule has 10 nitrogen and oxygen atoms in total. The number of fused-ring (bicyclic) bond motifs is 1. The summed E-state index contributed by atoms with van der Waals surface area (Å²) in [5.74, 6) is 1.01. The molecule has 0 bridgehead atoms. The molecule has 0 unspecified atom stereocenters. The fraction of sp³-hybridized carbons (Fsp3) is 0.409. The van der Waals surface area contributed by atoms with Crippen molar-refractivity contribution < 1.29 is 18.8 Å². The van der Waals surface area contributed by atoms with Gasteiger partial charge < -0.3 is 15.1 Å². The molecule has 2 N–H and O–H groups in total. The van der Waals surface area contributed by atoms with Gasteiger partial charge in [-0.05, 0) is 43.5 Å². The SMILES string of the molecule is O=C(CC[C@H]1NC(=O)N(Cc2ccco2)C1=O)NCCCCCc1nnc2ccccn12. The first-order valence-corrected chi connectivity index (χ1v) is 10.8. The number of amides is 4. The van der Waals surface area contributed by atoms with Crippen molar-refractivity contribution >= 4 is 23.5 Å². The van der Waals surface area contributed by atoms with Crippen LogP contribution in [0.3, 0.4) is 0 Å². The van der Waals surface area contributed by atoms with Gasteiger partial charge in [-0.25, -0.2) is 4.79 Å². The van der Waals surface area contributed by atoms with E-state index in [2.05, 4.69) is 20.8 Å². The molecule has 4 amide bonds. The van der Waals surface area contributed by atoms with Crippen LogP contribution in [0.4, 0.5) is 4.79 Å². The molecule has 0 saturated carbocycles. The lowest BCUT2D eigenvalue weighted by Gasteiger charge is -2.11. The summed E-state index contributed by atoms with van der Waals surface area (Å²) < 4.78 is 7.18. The Morgan fingerprint density at radius 1 is 1.12 bits per heavy atom. The van der Waals surface area contributed by atoms with E-state index in [9.17, 15) is 14.4 Å². The van der Waals surface area contributed by atoms with Crippen molar-refractivity contribution in [2.24, 2.45) is 0 Å². The summed E-state index contributed by atoms with van der Waals surface area (Å²) in [6, 6.07) is 8.08. The number of aromatic nitrogens is 3. The smallest absolute Gasteiger partial charge is 0.325 e. The van der Waals surface area contributed by atoms with E-state index >= 15 is 0 Å². The molecule has 0 spiro atoms. The Morgan fingerprint density at radius 3 is 2.88 bits per heavy atom. The summed E-state index contributed by atoms with van der Waals surface area (Å²) in [5.41, 5.74) is 0.843. The number of carbonyl (C=O) groups excluding carboxylic acids is 3. The van der Waals surface area contributed by atoms with E-state index in [4.69, 9.17) is 4.42 Å². The number of urea groups is 1. The van der Waals surface area contributed by atoms with Crippen molar-refractivity contribution in [3.8, 4) is 0 Å². The second kappa shape index (κ2) is 10.1. The zero-order valence-electron chi connectivity index (χ0n) is 17.7. The highest BCUT2D eigenvalue weighted by Crippen LogP contribution is 2.15. The van der Waals surface area contributed by atoms with Gasteiger partial charge in [-0.15, -0.1) is 10.2 Å². The zero-order chi connectivity index (χ0) is 22.3. The first-order chi connectivity index (χ1) is 15.6. The van der Waals surface area contributed by atoms with Crippen molar-refractivity contribution in [3.63, 3.8) is 0 Å². The number of hydrogen-bond donors (Lipinski definition) is 2. The van der Waals surface area contributed by atoms with Gasteiger partial charge in [0, 0.05) is 25.6 Å². The minimum atomic E-state index is -0.679. The molecule has 0 aliphatic carbocycles. The third-order valence-electron chi connectivity index (χ3n) is 5.44. The van der Waals surface area contributed by atoms with Gasteiger partial charge in [0.15, 0.2) is 5.65 Å². The lowest BCUT2D eigenvalue weighted by molar-refractivity contribution is -0.128. The number of rotatable bonds is 11. The molecule has 0 radical (unpaired) electrons. The summed E-state index contributed by atoms with van der Waals surface area (Å²) >= 11 is 0. The number of pyridine rings is 1. The van der Waals surface area contributed by atoms with Crippen molar-refractivity contribution in [2.75, 3.05) is 6.54 Å². The van der Waals surface area contributed by atoms with Crippen LogP contribution in [0.25, 0.3) is 5.65 Å². The molecular weight excluding hydrogens is 412 g/mol. The predicted octanol–water partition coefficient (Wildman–Crippen LogP) is 2.05. The van der Waals surface area contributed by atoms with E-state index < -0.39 is 12.1 Å². The Kier molecular flexibility index (Phi) is 6.78. The average Bonchev–Trinajstić information content (AvgIpc) is 3.52. The molecule has 1 aliphatic rings. The molecule has 3 aromatic heterocycles. The van der Waals surface area contributed by atoms with Crippen molar-refractivity contribution in [1.82, 2.24) is 30.1 Å². The predicted molar refractivity (Wildman–Crippen MR) is 114 cm³/mol. The second-order valence-corrected chi connectivity index (χ2v) is 7.75. The van der Waals surface area contributed by atoms with Crippen molar-refractivity contribution in [2.45, 2.75) is 51.1 Å². The van der Waals surface area contributed by atoms with E-state index in [1.807, 2.05) is 28.8 Å². The van der Waals surface area contributed by atoms with Crippen LogP contribution < -0.4 is 10.6 Å². The summed E-state index contributed by atoms with van der Waals surface area (Å²) in [7, 11) is 0. The number of nitrogens with zero attached hydrogens (tertiary/aromatic N) is 4. The highest BCUT2D eigenvalue weighted by molar-refractivity contribution is 6.04. The highest BCUT2D eigenvalue weighted by Gasteiger charge is 2.38. The van der Waals surface area contributed by atoms with E-state index in [1.54, 1.807) is 12.1 Å². The van der Waals surface area contributed by atoms with Gasteiger partial charge in [-0.1, -0.05) is 12.5 Å². The fourth-order valence-corrected chi connectivity index (χ4v) is 3.72. The van der Waals surface area contributed by atoms with E-state index in [0.29, 0.717) is 12.3 Å². The number of carbonyl (C=O) groups is 3. The Labute approximate surface area is 185 Å². The number of aryl methyl sites for hydroxylation is 1. The van der Waals surface area contributed by atoms with E-state index in [0.717, 1.165) is 42.1 Å². The normalized spacial score (nSPS) is 16.0. The minimum absolute atomic E-state index is 0.0883. The minimum Gasteiger partial charge on any atom is -0.467 e. The van der Waals surface area contributed by atoms with Crippen LogP contribution in [0.1, 0.15) is 43.7 Å². The lowest BCUT2D eigenvalue weighted by atomic mass is 10.1. The van der Waals surface area contributed by atoms with Crippen molar-refractivity contribution in [1.29, 1.82) is 0 Å². The van der Waals surface area contributed by atoms with Gasteiger partial charge in [0.1, 0.15) is 17.6 Å². The van der Waals surface area contributed by atoms with Crippen LogP contribution in [0.15, 0.2) is 47.2 Å². The Morgan fingerprint density at radius 2 is 2.03 bits per heavy atom. The molecule has 1 atom stereocenters. The third kappa shape index (κ3) is 5.13. The number of hydrogen-bond acceptors (Lipinski definition) is 6. The summed E-state index contributed by atoms with van der Waals surface area (Å²) in [6.07, 6.45) is 7.50. The maximum atomic E-state index is 12.4. The molecule has 1 fully saturated rings. The molecule has 4 rings (SSSR count). The summed E-state index contributed by atoms with van der Waals surface area (Å²) in [4.78, 5) is 37.7. The monoisotopic (exact) mass is 438 g/mol. The van der Waals surface area contributed by atoms with Gasteiger partial charge in [-0.2, -0.15) is 0 Å². The maximum absolute atomic E-state index is 12.4. The quantitative estimate of drug-likeness (QED) is 0.349. The largest absolute Gasteiger partial charge is 0.467 e. The third-order valence-corrected chi connectivity index (χ3v) is 5.44. The fourth-order valence-electron chi connectivity index (χ4n) is 3.72. The Bertz CT molecular complexity index is 1080. The number of imide groups is 1. The first kappa shape index (κ1) is 21.5. The molecule has 32 heavy (non-hydrogen) atoms. The van der Waals surface area contributed by atoms with Crippen LogP contribution in [-0.4, -0.2) is 49.9 Å². The summed E-state index contributed by atoms with van der Waals surface area (Å²) in [6.45, 7) is 0.667. The van der Waals surface area contributed by atoms with E-state index in [-0.39, 0.29) is 31.2 Å². The van der Waals surface area contributed by atoms with Gasteiger partial charge in [0.2, 0.25) is 5.91 Å². The molecule has 10 heteroatoms. The number of furan rings is 1. The maximum Gasteiger partial charge on any atom is 0.325 e. The van der Waals surface area contributed by atoms with Crippen LogP contribution in [0.2, 0.25) is 0 Å². The van der Waals surface area contributed by atoms with Crippen LogP contribution in [0.5, 0.6) is 0 Å². The van der Waals surface area contributed by atoms with Crippen LogP contribution in [0, 0.1) is 0 Å². The van der Waals surface area contributed by atoms with Crippen LogP contribution >= 0.6 is 0 Å². The second-order valence-electron chi connectivity index (χ2n) is 7.75. The molecule has 1 aliphatic heterocycles. The van der Waals surface area contributed by atoms with Crippen LogP contribution in [-0.2, 0) is 22.6 Å². The summed E-state index contributed by atoms with van der Waals surface area (Å²) in [5, 5.41) is 13.9. The first-order valence-electron chi connectivity index (χ1n) is 10.8. The van der Waals surface area contributed by atoms with Gasteiger partial charge >= 0.3 is 6.03 Å². The highest BCUT2D eigenvalue weighted by atomic mass is 16.3. The molecule has 3 aromatic rings. The lowest BCUT2D eigenvalue weighted by Crippen LogP contribution is -2.32. The van der Waals surface area contributed by atoms with Crippen molar-refractivity contribution in [3.05, 3.63) is 54.4 Å². The Hall–Kier alpha value is -3.69. The molecule has 168 valence electrons. The van der Waals surface area contributed by atoms with Gasteiger partial charge in [0.05, 0.1) is 12.8 Å².